The molecule has 2 N–H and O–H groups in total. The predicted octanol–water partition coefficient (Wildman–Crippen LogP) is 3.40. The van der Waals surface area contributed by atoms with Crippen molar-refractivity contribution in [2.45, 2.75) is 38.1 Å². The highest BCUT2D eigenvalue weighted by Crippen LogP contribution is 2.37. The van der Waals surface area contributed by atoms with Crippen LogP contribution in [-0.2, 0) is 0 Å². The van der Waals surface area contributed by atoms with Crippen molar-refractivity contribution in [1.29, 1.82) is 5.26 Å². The summed E-state index contributed by atoms with van der Waals surface area (Å²) in [5.41, 5.74) is 1.19. The van der Waals surface area contributed by atoms with Crippen molar-refractivity contribution in [2.24, 2.45) is 5.92 Å². The van der Waals surface area contributed by atoms with Gasteiger partial charge < -0.3 is 9.97 Å². The van der Waals surface area contributed by atoms with Gasteiger partial charge in [-0.05, 0) is 24.8 Å². The Kier molecular flexibility index (Phi) is 3.32. The van der Waals surface area contributed by atoms with Crippen molar-refractivity contribution in [1.82, 2.24) is 24.7 Å². The molecule has 0 aliphatic heterocycles. The second-order valence-corrected chi connectivity index (χ2v) is 7.07. The summed E-state index contributed by atoms with van der Waals surface area (Å²) in [6.45, 7) is 0. The molecule has 130 valence electrons. The molecule has 4 aromatic heterocycles. The molecule has 1 aliphatic carbocycles. The molecule has 1 saturated carbocycles. The molecule has 0 radical (unpaired) electrons. The van der Waals surface area contributed by atoms with Crippen molar-refractivity contribution in [2.75, 3.05) is 0 Å². The number of rotatable bonds is 3. The third-order valence-electron chi connectivity index (χ3n) is 5.69. The molecule has 1 unspecified atom stereocenters. The van der Waals surface area contributed by atoms with E-state index >= 15 is 0 Å². The monoisotopic (exact) mass is 346 g/mol. The standard InChI is InChI=1S/C19H18N6O/c20-7-5-15(11-3-1-2-4-11)25-18-13(10-23-25)12-6-8-21-17-16(12)14(9-22-17)19(26)24-18/h6,8-11,15H,1-5H2,(H,21,22)(H,24,26). The molecule has 0 saturated heterocycles. The van der Waals surface area contributed by atoms with Gasteiger partial charge in [-0.1, -0.05) is 12.8 Å². The van der Waals surface area contributed by atoms with Gasteiger partial charge >= 0.3 is 0 Å². The maximum absolute atomic E-state index is 12.8. The molecule has 5 rings (SSSR count). The van der Waals surface area contributed by atoms with Gasteiger partial charge in [0.15, 0.2) is 0 Å². The van der Waals surface area contributed by atoms with Crippen LogP contribution in [0, 0.1) is 17.2 Å². The summed E-state index contributed by atoms with van der Waals surface area (Å²) in [7, 11) is 0. The van der Waals surface area contributed by atoms with E-state index in [1.807, 2.05) is 16.9 Å². The van der Waals surface area contributed by atoms with Gasteiger partial charge in [0.1, 0.15) is 11.3 Å². The van der Waals surface area contributed by atoms with Gasteiger partial charge in [0.05, 0.1) is 30.1 Å². The van der Waals surface area contributed by atoms with E-state index in [1.54, 1.807) is 12.4 Å². The smallest absolute Gasteiger partial charge is 0.259 e. The highest BCUT2D eigenvalue weighted by Gasteiger charge is 2.28. The number of hydrogen-bond donors (Lipinski definition) is 2. The lowest BCUT2D eigenvalue weighted by Crippen LogP contribution is -2.19. The van der Waals surface area contributed by atoms with E-state index in [0.29, 0.717) is 29.0 Å². The first-order valence-corrected chi connectivity index (χ1v) is 9.00. The van der Waals surface area contributed by atoms with Gasteiger partial charge in [0, 0.05) is 28.6 Å². The topological polar surface area (TPSA) is 103 Å². The lowest BCUT2D eigenvalue weighted by atomic mass is 9.96. The summed E-state index contributed by atoms with van der Waals surface area (Å²) in [6.07, 6.45) is 10.2. The maximum atomic E-state index is 12.8. The van der Waals surface area contributed by atoms with Crippen LogP contribution in [0.25, 0.3) is 32.8 Å². The first-order valence-electron chi connectivity index (χ1n) is 9.00. The van der Waals surface area contributed by atoms with Gasteiger partial charge in [-0.15, -0.1) is 0 Å². The number of nitrogens with zero attached hydrogens (tertiary/aromatic N) is 4. The highest BCUT2D eigenvalue weighted by molar-refractivity contribution is 6.15. The average Bonchev–Trinajstić information content (AvgIpc) is 3.37. The molecule has 0 amide bonds. The fourth-order valence-electron chi connectivity index (χ4n) is 4.45. The summed E-state index contributed by atoms with van der Waals surface area (Å²) in [5.74, 6) is 0.427. The molecule has 4 heterocycles. The molecule has 1 aliphatic rings. The predicted molar refractivity (Wildman–Crippen MR) is 98.7 cm³/mol. The van der Waals surface area contributed by atoms with Crippen LogP contribution in [0.5, 0.6) is 0 Å². The molecule has 7 heteroatoms. The number of pyridine rings is 1. The van der Waals surface area contributed by atoms with E-state index in [2.05, 4.69) is 26.1 Å². The van der Waals surface area contributed by atoms with Crippen molar-refractivity contribution >= 4 is 32.8 Å². The summed E-state index contributed by atoms with van der Waals surface area (Å²) in [4.78, 5) is 23.2. The van der Waals surface area contributed by atoms with Crippen LogP contribution in [0.15, 0.2) is 29.5 Å². The van der Waals surface area contributed by atoms with Gasteiger partial charge in [-0.25, -0.2) is 9.67 Å². The SMILES string of the molecule is N#CCC(C1CCCC1)n1ncc2c3cc[nH]c4ncc(c(=O)[nH]c21)c43. The Hall–Kier alpha value is -3.14. The highest BCUT2D eigenvalue weighted by atomic mass is 16.1. The molecule has 0 spiro atoms. The fraction of sp³-hybridized carbons (Fsp3) is 0.368. The van der Waals surface area contributed by atoms with E-state index in [-0.39, 0.29) is 11.6 Å². The summed E-state index contributed by atoms with van der Waals surface area (Å²) in [5, 5.41) is 17.2. The van der Waals surface area contributed by atoms with Crippen LogP contribution >= 0.6 is 0 Å². The number of H-pyrrole nitrogens is 2. The molecule has 1 fully saturated rings. The van der Waals surface area contributed by atoms with Crippen LogP contribution in [-0.4, -0.2) is 24.7 Å². The average molecular weight is 346 g/mol. The molecule has 4 aromatic rings. The number of aromatic nitrogens is 5. The molecule has 0 aromatic carbocycles. The quantitative estimate of drug-likeness (QED) is 0.593. The second-order valence-electron chi connectivity index (χ2n) is 7.07. The number of fused-ring (bicyclic) bond motifs is 2. The molecule has 1 atom stereocenters. The Morgan fingerprint density at radius 2 is 2.12 bits per heavy atom. The van der Waals surface area contributed by atoms with Gasteiger partial charge in [0.25, 0.3) is 5.56 Å². The summed E-state index contributed by atoms with van der Waals surface area (Å²) in [6, 6.07) is 4.25. The lowest BCUT2D eigenvalue weighted by Gasteiger charge is -2.21. The zero-order valence-electron chi connectivity index (χ0n) is 14.2. The van der Waals surface area contributed by atoms with Gasteiger partial charge in [0.2, 0.25) is 0 Å². The van der Waals surface area contributed by atoms with Crippen LogP contribution in [0.2, 0.25) is 0 Å². The van der Waals surface area contributed by atoms with E-state index in [1.165, 1.54) is 12.8 Å². The van der Waals surface area contributed by atoms with Crippen LogP contribution in [0.4, 0.5) is 0 Å². The first-order chi connectivity index (χ1) is 12.8. The first kappa shape index (κ1) is 15.1. The third kappa shape index (κ3) is 2.08. The maximum Gasteiger partial charge on any atom is 0.259 e. The molecule has 26 heavy (non-hydrogen) atoms. The summed E-state index contributed by atoms with van der Waals surface area (Å²) >= 11 is 0. The molecular weight excluding hydrogens is 328 g/mol. The van der Waals surface area contributed by atoms with Crippen LogP contribution < -0.4 is 5.56 Å². The normalized spacial score (nSPS) is 16.6. The second kappa shape index (κ2) is 5.70. The van der Waals surface area contributed by atoms with Crippen LogP contribution in [0.1, 0.15) is 38.1 Å². The van der Waals surface area contributed by atoms with Crippen molar-refractivity contribution in [3.63, 3.8) is 0 Å². The van der Waals surface area contributed by atoms with Gasteiger partial charge in [-0.3, -0.25) is 4.79 Å². The Labute approximate surface area is 148 Å². The number of nitriles is 1. The lowest BCUT2D eigenvalue weighted by molar-refractivity contribution is 0.321. The number of hydrogen-bond acceptors (Lipinski definition) is 4. The number of nitrogens with one attached hydrogen (secondary N) is 2. The minimum Gasteiger partial charge on any atom is -0.346 e. The van der Waals surface area contributed by atoms with Crippen LogP contribution in [0.3, 0.4) is 0 Å². The minimum absolute atomic E-state index is 0.0112. The zero-order valence-corrected chi connectivity index (χ0v) is 14.2. The fourth-order valence-corrected chi connectivity index (χ4v) is 4.45. The Morgan fingerprint density at radius 1 is 1.27 bits per heavy atom. The van der Waals surface area contributed by atoms with Crippen molar-refractivity contribution < 1.29 is 0 Å². The largest absolute Gasteiger partial charge is 0.346 e. The van der Waals surface area contributed by atoms with Crippen molar-refractivity contribution in [3.05, 3.63) is 35.0 Å². The van der Waals surface area contributed by atoms with E-state index in [4.69, 9.17) is 0 Å². The third-order valence-corrected chi connectivity index (χ3v) is 5.69. The Morgan fingerprint density at radius 3 is 2.92 bits per heavy atom. The van der Waals surface area contributed by atoms with E-state index in [9.17, 15) is 10.1 Å². The molecule has 0 bridgehead atoms. The Bertz CT molecular complexity index is 1220. The molecular formula is C19H18N6O. The Balaban J connectivity index is 1.84. The molecule has 7 nitrogen and oxygen atoms in total. The number of aromatic amines is 2. The van der Waals surface area contributed by atoms with Crippen molar-refractivity contribution in [3.8, 4) is 6.07 Å². The van der Waals surface area contributed by atoms with E-state index < -0.39 is 0 Å². The van der Waals surface area contributed by atoms with Gasteiger partial charge in [-0.2, -0.15) is 10.4 Å². The summed E-state index contributed by atoms with van der Waals surface area (Å²) < 4.78 is 1.87. The minimum atomic E-state index is -0.184. The van der Waals surface area contributed by atoms with E-state index in [0.717, 1.165) is 29.0 Å². The zero-order chi connectivity index (χ0) is 17.7.